The van der Waals surface area contributed by atoms with Crippen LogP contribution in [0, 0.1) is 13.8 Å². The van der Waals surface area contributed by atoms with Crippen molar-refractivity contribution < 1.29 is 14.4 Å². The third-order valence-corrected chi connectivity index (χ3v) is 5.84. The van der Waals surface area contributed by atoms with Crippen LogP contribution in [0.3, 0.4) is 0 Å². The van der Waals surface area contributed by atoms with E-state index in [1.54, 1.807) is 30.3 Å². The quantitative estimate of drug-likeness (QED) is 0.276. The molecule has 3 aromatic carbocycles. The maximum absolute atomic E-state index is 13.1. The summed E-state index contributed by atoms with van der Waals surface area (Å²) in [5, 5.41) is 7.01. The summed E-state index contributed by atoms with van der Waals surface area (Å²) in [5.41, 5.74) is 5.74. The number of hydrogen-bond donors (Lipinski definition) is 3. The van der Waals surface area contributed by atoms with Crippen molar-refractivity contribution in [2.75, 3.05) is 16.1 Å². The largest absolute Gasteiger partial charge is 0.328 e. The fraction of sp³-hybridized carbons (Fsp3) is 0.0800. The highest BCUT2D eigenvalue weighted by Crippen LogP contribution is 2.26. The predicted octanol–water partition coefficient (Wildman–Crippen LogP) is 6.18. The van der Waals surface area contributed by atoms with Crippen LogP contribution in [0.2, 0.25) is 15.1 Å². The van der Waals surface area contributed by atoms with Crippen LogP contribution in [-0.2, 0) is 9.59 Å². The summed E-state index contributed by atoms with van der Waals surface area (Å²) in [5.74, 6) is -2.41. The van der Waals surface area contributed by atoms with Crippen LogP contribution in [0.5, 0.6) is 0 Å². The van der Waals surface area contributed by atoms with Gasteiger partial charge < -0.3 is 10.6 Å². The Kier molecular flexibility index (Phi) is 7.03. The normalized spacial score (nSPS) is 10.8. The number of nitrogens with one attached hydrogen (secondary N) is 3. The SMILES string of the molecule is Cc1ccc(NC(=O)C(=O)Nn2c(C(=O)Nc3cc(Cl)cc(Cl)c3)cc3cc(Cl)ccc32)c(C)c1. The van der Waals surface area contributed by atoms with Crippen molar-refractivity contribution in [3.8, 4) is 0 Å². The second kappa shape index (κ2) is 10.00. The summed E-state index contributed by atoms with van der Waals surface area (Å²) in [6.45, 7) is 3.76. The van der Waals surface area contributed by atoms with E-state index in [0.717, 1.165) is 11.1 Å². The van der Waals surface area contributed by atoms with Gasteiger partial charge in [0.15, 0.2) is 0 Å². The van der Waals surface area contributed by atoms with E-state index < -0.39 is 17.7 Å². The van der Waals surface area contributed by atoms with Gasteiger partial charge in [-0.05, 0) is 67.9 Å². The average Bonchev–Trinajstić information content (AvgIpc) is 3.12. The van der Waals surface area contributed by atoms with E-state index in [0.29, 0.717) is 37.3 Å². The second-order valence-corrected chi connectivity index (χ2v) is 9.20. The molecule has 0 aliphatic rings. The molecule has 0 unspecified atom stereocenters. The number of halogens is 3. The zero-order valence-electron chi connectivity index (χ0n) is 18.6. The van der Waals surface area contributed by atoms with Crippen LogP contribution in [0.4, 0.5) is 11.4 Å². The number of carbonyl (C=O) groups excluding carboxylic acids is 3. The van der Waals surface area contributed by atoms with E-state index in [4.69, 9.17) is 34.8 Å². The number of hydrogen-bond acceptors (Lipinski definition) is 3. The molecule has 35 heavy (non-hydrogen) atoms. The van der Waals surface area contributed by atoms with E-state index in [1.807, 2.05) is 26.0 Å². The van der Waals surface area contributed by atoms with Crippen molar-refractivity contribution in [1.82, 2.24) is 4.68 Å². The lowest BCUT2D eigenvalue weighted by Gasteiger charge is -2.14. The number of aryl methyl sites for hydroxylation is 2. The van der Waals surface area contributed by atoms with Gasteiger partial charge in [-0.2, -0.15) is 0 Å². The molecule has 1 aromatic heterocycles. The molecule has 0 aliphatic heterocycles. The molecule has 4 aromatic rings. The fourth-order valence-corrected chi connectivity index (χ4v) is 4.29. The zero-order valence-corrected chi connectivity index (χ0v) is 20.8. The first-order chi connectivity index (χ1) is 16.6. The minimum Gasteiger partial charge on any atom is -0.321 e. The maximum Gasteiger partial charge on any atom is 0.328 e. The van der Waals surface area contributed by atoms with Gasteiger partial charge in [0, 0.05) is 31.8 Å². The summed E-state index contributed by atoms with van der Waals surface area (Å²) in [7, 11) is 0. The highest BCUT2D eigenvalue weighted by atomic mass is 35.5. The predicted molar refractivity (Wildman–Crippen MR) is 140 cm³/mol. The van der Waals surface area contributed by atoms with Gasteiger partial charge in [0.05, 0.1) is 5.52 Å². The Morgan fingerprint density at radius 3 is 2.14 bits per heavy atom. The number of rotatable bonds is 4. The summed E-state index contributed by atoms with van der Waals surface area (Å²) < 4.78 is 1.23. The lowest BCUT2D eigenvalue weighted by molar-refractivity contribution is -0.133. The van der Waals surface area contributed by atoms with E-state index in [1.165, 1.54) is 22.9 Å². The minimum absolute atomic E-state index is 0.0611. The van der Waals surface area contributed by atoms with Crippen molar-refractivity contribution in [2.45, 2.75) is 13.8 Å². The molecule has 3 N–H and O–H groups in total. The molecule has 4 rings (SSSR count). The smallest absolute Gasteiger partial charge is 0.321 e. The van der Waals surface area contributed by atoms with Gasteiger partial charge in [0.2, 0.25) is 0 Å². The van der Waals surface area contributed by atoms with Crippen molar-refractivity contribution in [1.29, 1.82) is 0 Å². The Balaban J connectivity index is 1.64. The third-order valence-electron chi connectivity index (χ3n) is 5.17. The molecule has 0 saturated heterocycles. The van der Waals surface area contributed by atoms with Gasteiger partial charge in [-0.25, -0.2) is 4.68 Å². The van der Waals surface area contributed by atoms with Gasteiger partial charge in [-0.3, -0.25) is 19.8 Å². The van der Waals surface area contributed by atoms with E-state index in [9.17, 15) is 14.4 Å². The second-order valence-electron chi connectivity index (χ2n) is 7.89. The average molecular weight is 530 g/mol. The van der Waals surface area contributed by atoms with Crippen molar-refractivity contribution in [2.24, 2.45) is 0 Å². The van der Waals surface area contributed by atoms with Crippen LogP contribution in [0.1, 0.15) is 21.6 Å². The number of aromatic nitrogens is 1. The lowest BCUT2D eigenvalue weighted by atomic mass is 10.1. The van der Waals surface area contributed by atoms with Gasteiger partial charge in [0.1, 0.15) is 5.69 Å². The van der Waals surface area contributed by atoms with E-state index >= 15 is 0 Å². The van der Waals surface area contributed by atoms with Crippen molar-refractivity contribution in [3.63, 3.8) is 0 Å². The standard InChI is InChI=1S/C25H19Cl3N4O3/c1-13-3-5-20(14(2)7-13)30-24(34)25(35)31-32-21-6-4-16(26)8-15(21)9-22(32)23(33)29-19-11-17(27)10-18(28)12-19/h3-12H,1-2H3,(H,29,33)(H,30,34)(H,31,35). The van der Waals surface area contributed by atoms with Crippen molar-refractivity contribution >= 4 is 74.8 Å². The third kappa shape index (κ3) is 5.59. The van der Waals surface area contributed by atoms with Gasteiger partial charge >= 0.3 is 11.8 Å². The number of carbonyl (C=O) groups is 3. The van der Waals surface area contributed by atoms with Crippen LogP contribution in [-0.4, -0.2) is 22.4 Å². The van der Waals surface area contributed by atoms with Gasteiger partial charge in [-0.15, -0.1) is 0 Å². The van der Waals surface area contributed by atoms with Crippen LogP contribution in [0.15, 0.2) is 60.7 Å². The van der Waals surface area contributed by atoms with E-state index in [2.05, 4.69) is 16.1 Å². The highest BCUT2D eigenvalue weighted by Gasteiger charge is 2.22. The molecule has 0 spiro atoms. The monoisotopic (exact) mass is 528 g/mol. The Bertz CT molecular complexity index is 1480. The zero-order chi connectivity index (χ0) is 25.3. The summed E-state index contributed by atoms with van der Waals surface area (Å²) in [6, 6.07) is 16.5. The summed E-state index contributed by atoms with van der Waals surface area (Å²) in [6.07, 6.45) is 0. The molecule has 0 bridgehead atoms. The molecule has 3 amide bonds. The molecular weight excluding hydrogens is 511 g/mol. The maximum atomic E-state index is 13.1. The van der Waals surface area contributed by atoms with Crippen molar-refractivity contribution in [3.05, 3.63) is 92.6 Å². The Labute approximate surface area is 215 Å². The topological polar surface area (TPSA) is 92.2 Å². The molecular formula is C25H19Cl3N4O3. The van der Waals surface area contributed by atoms with E-state index in [-0.39, 0.29) is 5.69 Å². The Hall–Kier alpha value is -3.52. The van der Waals surface area contributed by atoms with Crippen LogP contribution >= 0.6 is 34.8 Å². The molecule has 0 aliphatic carbocycles. The molecule has 0 saturated carbocycles. The first kappa shape index (κ1) is 24.6. The van der Waals surface area contributed by atoms with Gasteiger partial charge in [-0.1, -0.05) is 52.5 Å². The first-order valence-electron chi connectivity index (χ1n) is 10.4. The molecule has 178 valence electrons. The van der Waals surface area contributed by atoms with Crippen LogP contribution in [0.25, 0.3) is 10.9 Å². The molecule has 10 heteroatoms. The number of fused-ring (bicyclic) bond motifs is 1. The van der Waals surface area contributed by atoms with Gasteiger partial charge in [0.25, 0.3) is 5.91 Å². The Morgan fingerprint density at radius 1 is 0.743 bits per heavy atom. The molecule has 0 fully saturated rings. The minimum atomic E-state index is -0.961. The fourth-order valence-electron chi connectivity index (χ4n) is 3.58. The summed E-state index contributed by atoms with van der Waals surface area (Å²) >= 11 is 18.2. The highest BCUT2D eigenvalue weighted by molar-refractivity contribution is 6.42. The lowest BCUT2D eigenvalue weighted by Crippen LogP contribution is -2.36. The number of anilines is 2. The molecule has 7 nitrogen and oxygen atoms in total. The molecule has 0 atom stereocenters. The first-order valence-corrected chi connectivity index (χ1v) is 11.5. The summed E-state index contributed by atoms with van der Waals surface area (Å²) in [4.78, 5) is 38.5. The number of benzene rings is 3. The molecule has 1 heterocycles. The van der Waals surface area contributed by atoms with Crippen LogP contribution < -0.4 is 16.1 Å². The number of nitrogens with zero attached hydrogens (tertiary/aromatic N) is 1. The molecule has 0 radical (unpaired) electrons. The number of amides is 3. The Morgan fingerprint density at radius 2 is 1.46 bits per heavy atom.